The van der Waals surface area contributed by atoms with Gasteiger partial charge in [0.25, 0.3) is 0 Å². The molecule has 0 spiro atoms. The van der Waals surface area contributed by atoms with Crippen molar-refractivity contribution in [1.82, 2.24) is 0 Å². The Labute approximate surface area is 126 Å². The van der Waals surface area contributed by atoms with Gasteiger partial charge in [-0.05, 0) is 30.2 Å². The summed E-state index contributed by atoms with van der Waals surface area (Å²) in [7, 11) is -1.02. The third-order valence-electron chi connectivity index (χ3n) is 3.34. The SMILES string of the molecule is O=C(O)c1cccc2c1OB(O)[C@@H](Sc1ccccc1)C2. The van der Waals surface area contributed by atoms with E-state index in [4.69, 9.17) is 9.76 Å². The average Bonchev–Trinajstić information content (AvgIpc) is 2.48. The van der Waals surface area contributed by atoms with Crippen LogP contribution in [-0.4, -0.2) is 28.4 Å². The van der Waals surface area contributed by atoms with Crippen LogP contribution < -0.4 is 4.65 Å². The van der Waals surface area contributed by atoms with E-state index in [1.807, 2.05) is 36.4 Å². The first-order valence-corrected chi connectivity index (χ1v) is 7.45. The van der Waals surface area contributed by atoms with E-state index in [0.717, 1.165) is 10.5 Å². The summed E-state index contributed by atoms with van der Waals surface area (Å²) in [6, 6.07) is 14.8. The van der Waals surface area contributed by atoms with E-state index in [1.165, 1.54) is 17.8 Å². The van der Waals surface area contributed by atoms with E-state index < -0.39 is 13.1 Å². The molecule has 3 rings (SSSR count). The summed E-state index contributed by atoms with van der Waals surface area (Å²) < 4.78 is 5.46. The molecule has 0 amide bonds. The van der Waals surface area contributed by atoms with Crippen molar-refractivity contribution in [1.29, 1.82) is 0 Å². The van der Waals surface area contributed by atoms with Crippen LogP contribution in [0.5, 0.6) is 5.75 Å². The molecule has 0 aliphatic carbocycles. The highest BCUT2D eigenvalue weighted by atomic mass is 32.2. The lowest BCUT2D eigenvalue weighted by molar-refractivity contribution is 0.0694. The monoisotopic (exact) mass is 300 g/mol. The highest BCUT2D eigenvalue weighted by Gasteiger charge is 2.37. The molecule has 6 heteroatoms. The van der Waals surface area contributed by atoms with Gasteiger partial charge < -0.3 is 14.8 Å². The number of aromatic carboxylic acids is 1. The first kappa shape index (κ1) is 14.0. The molecule has 0 radical (unpaired) electrons. The molecule has 0 aromatic heterocycles. The van der Waals surface area contributed by atoms with Crippen LogP contribution in [0.4, 0.5) is 0 Å². The fourth-order valence-corrected chi connectivity index (χ4v) is 3.44. The van der Waals surface area contributed by atoms with Gasteiger partial charge in [-0.15, -0.1) is 11.8 Å². The molecule has 0 unspecified atom stereocenters. The molecule has 0 bridgehead atoms. The minimum Gasteiger partial charge on any atom is -0.535 e. The number of hydrogen-bond donors (Lipinski definition) is 2. The lowest BCUT2D eigenvalue weighted by Crippen LogP contribution is -2.40. The highest BCUT2D eigenvalue weighted by molar-refractivity contribution is 8.01. The van der Waals surface area contributed by atoms with E-state index in [2.05, 4.69) is 0 Å². The third-order valence-corrected chi connectivity index (χ3v) is 4.58. The Kier molecular flexibility index (Phi) is 3.90. The summed E-state index contributed by atoms with van der Waals surface area (Å²) in [5, 5.41) is 19.1. The topological polar surface area (TPSA) is 66.8 Å². The van der Waals surface area contributed by atoms with E-state index in [1.54, 1.807) is 6.07 Å². The number of rotatable bonds is 3. The second kappa shape index (κ2) is 5.83. The Morgan fingerprint density at radius 3 is 2.67 bits per heavy atom. The number of carboxylic acids is 1. The Morgan fingerprint density at radius 1 is 1.19 bits per heavy atom. The number of thioether (sulfide) groups is 1. The van der Waals surface area contributed by atoms with Gasteiger partial charge >= 0.3 is 13.1 Å². The molecule has 1 heterocycles. The second-order valence-corrected chi connectivity index (χ2v) is 6.09. The summed E-state index contributed by atoms with van der Waals surface area (Å²) in [4.78, 5) is 12.2. The normalized spacial score (nSPS) is 17.0. The predicted molar refractivity (Wildman–Crippen MR) is 81.8 cm³/mol. The molecule has 0 fully saturated rings. The largest absolute Gasteiger partial charge is 0.537 e. The van der Waals surface area contributed by atoms with Gasteiger partial charge in [0, 0.05) is 4.90 Å². The van der Waals surface area contributed by atoms with Crippen molar-refractivity contribution in [3.63, 3.8) is 0 Å². The summed E-state index contributed by atoms with van der Waals surface area (Å²) >= 11 is 1.53. The molecule has 2 aromatic rings. The van der Waals surface area contributed by atoms with Crippen molar-refractivity contribution in [3.05, 3.63) is 59.7 Å². The van der Waals surface area contributed by atoms with Crippen LogP contribution >= 0.6 is 11.8 Å². The van der Waals surface area contributed by atoms with Gasteiger partial charge in [0.1, 0.15) is 5.75 Å². The summed E-state index contributed by atoms with van der Waals surface area (Å²) in [6.45, 7) is 0. The van der Waals surface area contributed by atoms with Crippen molar-refractivity contribution in [2.75, 3.05) is 0 Å². The quantitative estimate of drug-likeness (QED) is 0.853. The smallest absolute Gasteiger partial charge is 0.535 e. The van der Waals surface area contributed by atoms with Crippen molar-refractivity contribution in [2.24, 2.45) is 0 Å². The first-order chi connectivity index (χ1) is 10.1. The standard InChI is InChI=1S/C15H13BO4S/c17-15(18)12-8-4-5-10-9-13(16(19)20-14(10)12)21-11-6-2-1-3-7-11/h1-8,13,19H,9H2,(H,17,18)/t13-/m0/s1. The number of hydrogen-bond acceptors (Lipinski definition) is 4. The molecule has 0 saturated heterocycles. The summed E-state index contributed by atoms with van der Waals surface area (Å²) in [5.74, 6) is -0.768. The summed E-state index contributed by atoms with van der Waals surface area (Å²) in [6.07, 6.45) is 0.567. The number of para-hydroxylation sites is 1. The van der Waals surface area contributed by atoms with Crippen molar-refractivity contribution < 1.29 is 19.6 Å². The number of carbonyl (C=O) groups is 1. The zero-order valence-corrected chi connectivity index (χ0v) is 11.9. The molecule has 21 heavy (non-hydrogen) atoms. The van der Waals surface area contributed by atoms with E-state index >= 15 is 0 Å². The van der Waals surface area contributed by atoms with E-state index in [-0.39, 0.29) is 16.5 Å². The van der Waals surface area contributed by atoms with Crippen LogP contribution in [0.2, 0.25) is 0 Å². The lowest BCUT2D eigenvalue weighted by atomic mass is 9.77. The van der Waals surface area contributed by atoms with Gasteiger partial charge in [-0.25, -0.2) is 4.79 Å². The Bertz CT molecular complexity index is 662. The zero-order valence-electron chi connectivity index (χ0n) is 11.1. The lowest BCUT2D eigenvalue weighted by Gasteiger charge is -2.27. The minimum absolute atomic E-state index is 0.0923. The Morgan fingerprint density at radius 2 is 1.95 bits per heavy atom. The zero-order chi connectivity index (χ0) is 14.8. The number of fused-ring (bicyclic) bond motifs is 1. The third kappa shape index (κ3) is 2.91. The molecule has 106 valence electrons. The average molecular weight is 300 g/mol. The molecule has 1 atom stereocenters. The minimum atomic E-state index is -1.05. The van der Waals surface area contributed by atoms with Crippen molar-refractivity contribution in [3.8, 4) is 5.75 Å². The number of carboxylic acid groups (broad SMARTS) is 1. The molecule has 2 N–H and O–H groups in total. The second-order valence-electron chi connectivity index (χ2n) is 4.78. The first-order valence-electron chi connectivity index (χ1n) is 6.57. The molecule has 1 aliphatic rings. The fourth-order valence-electron chi connectivity index (χ4n) is 2.34. The predicted octanol–water partition coefficient (Wildman–Crippen LogP) is 2.50. The molecule has 2 aromatic carbocycles. The van der Waals surface area contributed by atoms with Crippen molar-refractivity contribution >= 4 is 24.8 Å². The molecular formula is C15H13BO4S. The van der Waals surface area contributed by atoms with Crippen LogP contribution in [0, 0.1) is 0 Å². The Balaban J connectivity index is 1.86. The van der Waals surface area contributed by atoms with Crippen LogP contribution in [0.3, 0.4) is 0 Å². The maximum Gasteiger partial charge on any atom is 0.537 e. The molecule has 0 saturated carbocycles. The Hall–Kier alpha value is -1.92. The van der Waals surface area contributed by atoms with Gasteiger partial charge in [-0.3, -0.25) is 0 Å². The molecule has 4 nitrogen and oxygen atoms in total. The van der Waals surface area contributed by atoms with Gasteiger partial charge in [-0.1, -0.05) is 30.3 Å². The van der Waals surface area contributed by atoms with Crippen LogP contribution in [0.1, 0.15) is 15.9 Å². The maximum atomic E-state index is 11.2. The van der Waals surface area contributed by atoms with Crippen molar-refractivity contribution in [2.45, 2.75) is 16.5 Å². The number of benzene rings is 2. The van der Waals surface area contributed by atoms with Crippen LogP contribution in [0.25, 0.3) is 0 Å². The highest BCUT2D eigenvalue weighted by Crippen LogP contribution is 2.36. The molecular weight excluding hydrogens is 287 g/mol. The molecule has 1 aliphatic heterocycles. The van der Waals surface area contributed by atoms with Crippen LogP contribution in [-0.2, 0) is 6.42 Å². The van der Waals surface area contributed by atoms with Gasteiger partial charge in [-0.2, -0.15) is 0 Å². The fraction of sp³-hybridized carbons (Fsp3) is 0.133. The van der Waals surface area contributed by atoms with E-state index in [9.17, 15) is 9.82 Å². The van der Waals surface area contributed by atoms with E-state index in [0.29, 0.717) is 6.42 Å². The van der Waals surface area contributed by atoms with Gasteiger partial charge in [0.15, 0.2) is 0 Å². The summed E-state index contributed by atoms with van der Waals surface area (Å²) in [5.41, 5.74) is 0.906. The maximum absolute atomic E-state index is 11.2. The van der Waals surface area contributed by atoms with Crippen LogP contribution in [0.15, 0.2) is 53.4 Å². The van der Waals surface area contributed by atoms with Gasteiger partial charge in [0.05, 0.1) is 10.7 Å². The van der Waals surface area contributed by atoms with Gasteiger partial charge in [0.2, 0.25) is 0 Å².